The zero-order valence-electron chi connectivity index (χ0n) is 10.6. The van der Waals surface area contributed by atoms with Crippen molar-refractivity contribution in [3.8, 4) is 0 Å². The quantitative estimate of drug-likeness (QED) is 0.656. The molecule has 2 aromatic heterocycles. The summed E-state index contributed by atoms with van der Waals surface area (Å²) in [6.07, 6.45) is 5.55. The Bertz CT molecular complexity index is 600. The van der Waals surface area contributed by atoms with Gasteiger partial charge in [0.2, 0.25) is 0 Å². The van der Waals surface area contributed by atoms with E-state index in [4.69, 9.17) is 5.73 Å². The third-order valence-corrected chi connectivity index (χ3v) is 3.50. The molecule has 19 heavy (non-hydrogen) atoms. The van der Waals surface area contributed by atoms with Crippen LogP contribution >= 0.6 is 0 Å². The monoisotopic (exact) mass is 259 g/mol. The van der Waals surface area contributed by atoms with Crippen LogP contribution in [0.2, 0.25) is 0 Å². The molecule has 1 saturated heterocycles. The van der Waals surface area contributed by atoms with E-state index in [0.717, 1.165) is 42.7 Å². The number of anilines is 1. The van der Waals surface area contributed by atoms with Crippen LogP contribution in [0.5, 0.6) is 0 Å². The molecule has 0 aliphatic carbocycles. The maximum atomic E-state index is 11.5. The largest absolute Gasteiger partial charge is 0.380 e. The molecule has 5 N–H and O–H groups in total. The molecule has 0 aromatic carbocycles. The Kier molecular flexibility index (Phi) is 3.08. The fourth-order valence-electron chi connectivity index (χ4n) is 2.53. The predicted octanol–water partition coefficient (Wildman–Crippen LogP) is 0.826. The van der Waals surface area contributed by atoms with Gasteiger partial charge >= 0.3 is 0 Å². The SMILES string of the molecule is NC(=O)c1cnc2[nH]ccc2c1NC1CCCNC1. The van der Waals surface area contributed by atoms with Crippen LogP contribution in [0, 0.1) is 0 Å². The van der Waals surface area contributed by atoms with Gasteiger partial charge in [0.15, 0.2) is 0 Å². The van der Waals surface area contributed by atoms with E-state index in [9.17, 15) is 4.79 Å². The standard InChI is InChI=1S/C13H17N5O/c14-12(19)10-7-17-13-9(3-5-16-13)11(10)18-8-2-1-4-15-6-8/h3,5,7-8,15H,1-2,4,6H2,(H2,14,19)(H2,16,17,18). The van der Waals surface area contributed by atoms with Gasteiger partial charge in [0.25, 0.3) is 5.91 Å². The molecule has 0 radical (unpaired) electrons. The van der Waals surface area contributed by atoms with Crippen LogP contribution in [-0.4, -0.2) is 35.0 Å². The molecule has 0 bridgehead atoms. The fraction of sp³-hybridized carbons (Fsp3) is 0.385. The van der Waals surface area contributed by atoms with E-state index >= 15 is 0 Å². The van der Waals surface area contributed by atoms with E-state index in [1.165, 1.54) is 6.20 Å². The van der Waals surface area contributed by atoms with Gasteiger partial charge in [-0.25, -0.2) is 4.98 Å². The first-order valence-electron chi connectivity index (χ1n) is 6.49. The lowest BCUT2D eigenvalue weighted by Gasteiger charge is -2.25. The summed E-state index contributed by atoms with van der Waals surface area (Å²) in [6.45, 7) is 1.95. The van der Waals surface area contributed by atoms with Crippen LogP contribution in [0.15, 0.2) is 18.5 Å². The molecule has 1 unspecified atom stereocenters. The first-order valence-corrected chi connectivity index (χ1v) is 6.49. The van der Waals surface area contributed by atoms with Crippen LogP contribution in [0.25, 0.3) is 11.0 Å². The van der Waals surface area contributed by atoms with Crippen molar-refractivity contribution >= 4 is 22.6 Å². The number of nitrogens with one attached hydrogen (secondary N) is 3. The van der Waals surface area contributed by atoms with Gasteiger partial charge in [0.05, 0.1) is 11.3 Å². The summed E-state index contributed by atoms with van der Waals surface area (Å²) in [7, 11) is 0. The number of H-pyrrole nitrogens is 1. The second kappa shape index (κ2) is 4.89. The third-order valence-electron chi connectivity index (χ3n) is 3.50. The highest BCUT2D eigenvalue weighted by Crippen LogP contribution is 2.26. The van der Waals surface area contributed by atoms with Gasteiger partial charge in [-0.2, -0.15) is 0 Å². The number of aromatic nitrogens is 2. The summed E-state index contributed by atoms with van der Waals surface area (Å²) in [5, 5.41) is 7.68. The van der Waals surface area contributed by atoms with Crippen LogP contribution in [-0.2, 0) is 0 Å². The molecule has 3 rings (SSSR count). The second-order valence-electron chi connectivity index (χ2n) is 4.84. The van der Waals surface area contributed by atoms with Crippen molar-refractivity contribution < 1.29 is 4.79 Å². The number of amides is 1. The van der Waals surface area contributed by atoms with Crippen molar-refractivity contribution in [3.05, 3.63) is 24.0 Å². The number of nitrogens with zero attached hydrogens (tertiary/aromatic N) is 1. The van der Waals surface area contributed by atoms with Gasteiger partial charge < -0.3 is 21.4 Å². The van der Waals surface area contributed by atoms with E-state index in [0.29, 0.717) is 11.6 Å². The van der Waals surface area contributed by atoms with E-state index in [2.05, 4.69) is 20.6 Å². The average molecular weight is 259 g/mol. The Labute approximate surface area is 110 Å². The number of piperidine rings is 1. The van der Waals surface area contributed by atoms with Gasteiger partial charge in [-0.05, 0) is 25.5 Å². The lowest BCUT2D eigenvalue weighted by molar-refractivity contribution is 0.100. The molecule has 6 heteroatoms. The van der Waals surface area contributed by atoms with Crippen LogP contribution in [0.1, 0.15) is 23.2 Å². The van der Waals surface area contributed by atoms with Crippen molar-refractivity contribution in [2.45, 2.75) is 18.9 Å². The van der Waals surface area contributed by atoms with E-state index in [1.54, 1.807) is 0 Å². The molecule has 1 atom stereocenters. The van der Waals surface area contributed by atoms with Crippen molar-refractivity contribution in [1.82, 2.24) is 15.3 Å². The first-order chi connectivity index (χ1) is 9.25. The molecule has 1 aliphatic rings. The summed E-state index contributed by atoms with van der Waals surface area (Å²) in [6, 6.07) is 2.22. The Hall–Kier alpha value is -2.08. The molecule has 100 valence electrons. The number of fused-ring (bicyclic) bond motifs is 1. The minimum Gasteiger partial charge on any atom is -0.380 e. The van der Waals surface area contributed by atoms with Crippen molar-refractivity contribution in [2.75, 3.05) is 18.4 Å². The summed E-state index contributed by atoms with van der Waals surface area (Å²) in [5.74, 6) is -0.457. The molecule has 3 heterocycles. The van der Waals surface area contributed by atoms with Gasteiger partial charge in [0, 0.05) is 30.4 Å². The number of pyridine rings is 1. The Morgan fingerprint density at radius 1 is 1.53 bits per heavy atom. The smallest absolute Gasteiger partial charge is 0.252 e. The highest BCUT2D eigenvalue weighted by molar-refractivity contribution is 6.05. The number of carbonyl (C=O) groups is 1. The zero-order valence-corrected chi connectivity index (χ0v) is 10.6. The van der Waals surface area contributed by atoms with Crippen molar-refractivity contribution in [1.29, 1.82) is 0 Å². The lowest BCUT2D eigenvalue weighted by Crippen LogP contribution is -2.38. The number of primary amides is 1. The number of aromatic amines is 1. The zero-order chi connectivity index (χ0) is 13.2. The summed E-state index contributed by atoms with van der Waals surface area (Å²) in [4.78, 5) is 18.8. The maximum Gasteiger partial charge on any atom is 0.252 e. The van der Waals surface area contributed by atoms with Gasteiger partial charge in [-0.1, -0.05) is 0 Å². The fourth-order valence-corrected chi connectivity index (χ4v) is 2.53. The van der Waals surface area contributed by atoms with Crippen LogP contribution in [0.3, 0.4) is 0 Å². The molecule has 1 amide bonds. The number of nitrogens with two attached hydrogens (primary N) is 1. The minimum atomic E-state index is -0.457. The molecular formula is C13H17N5O. The van der Waals surface area contributed by atoms with E-state index < -0.39 is 5.91 Å². The molecule has 6 nitrogen and oxygen atoms in total. The van der Waals surface area contributed by atoms with Gasteiger partial charge in [0.1, 0.15) is 5.65 Å². The maximum absolute atomic E-state index is 11.5. The first kappa shape index (κ1) is 12.0. The minimum absolute atomic E-state index is 0.312. The second-order valence-corrected chi connectivity index (χ2v) is 4.84. The number of hydrogen-bond acceptors (Lipinski definition) is 4. The topological polar surface area (TPSA) is 95.8 Å². The molecule has 1 aliphatic heterocycles. The van der Waals surface area contributed by atoms with Gasteiger partial charge in [-0.15, -0.1) is 0 Å². The lowest BCUT2D eigenvalue weighted by atomic mass is 10.1. The van der Waals surface area contributed by atoms with Crippen molar-refractivity contribution in [3.63, 3.8) is 0 Å². The van der Waals surface area contributed by atoms with Crippen molar-refractivity contribution in [2.24, 2.45) is 5.73 Å². The van der Waals surface area contributed by atoms with E-state index in [1.807, 2.05) is 12.3 Å². The highest BCUT2D eigenvalue weighted by atomic mass is 16.1. The third kappa shape index (κ3) is 2.26. The Morgan fingerprint density at radius 2 is 2.42 bits per heavy atom. The molecule has 1 fully saturated rings. The summed E-state index contributed by atoms with van der Waals surface area (Å²) < 4.78 is 0. The van der Waals surface area contributed by atoms with E-state index in [-0.39, 0.29) is 0 Å². The molecule has 0 saturated carbocycles. The normalized spacial score (nSPS) is 19.5. The highest BCUT2D eigenvalue weighted by Gasteiger charge is 2.18. The molecule has 0 spiro atoms. The number of rotatable bonds is 3. The molecular weight excluding hydrogens is 242 g/mol. The molecule has 2 aromatic rings. The van der Waals surface area contributed by atoms with Crippen LogP contribution < -0.4 is 16.4 Å². The van der Waals surface area contributed by atoms with Crippen LogP contribution in [0.4, 0.5) is 5.69 Å². The number of hydrogen-bond donors (Lipinski definition) is 4. The summed E-state index contributed by atoms with van der Waals surface area (Å²) >= 11 is 0. The summed E-state index contributed by atoms with van der Waals surface area (Å²) in [5.41, 5.74) is 7.42. The predicted molar refractivity (Wildman–Crippen MR) is 74.1 cm³/mol. The Balaban J connectivity index is 2.00. The number of carbonyl (C=O) groups excluding carboxylic acids is 1. The van der Waals surface area contributed by atoms with Gasteiger partial charge in [-0.3, -0.25) is 4.79 Å². The average Bonchev–Trinajstić information content (AvgIpc) is 2.88. The Morgan fingerprint density at radius 3 is 3.16 bits per heavy atom.